The van der Waals surface area contributed by atoms with Gasteiger partial charge in [-0.2, -0.15) is 0 Å². The van der Waals surface area contributed by atoms with E-state index < -0.39 is 14.9 Å². The fourth-order valence-electron chi connectivity index (χ4n) is 7.18. The predicted octanol–water partition coefficient (Wildman–Crippen LogP) is 9.28. The second kappa shape index (κ2) is 19.4. The van der Waals surface area contributed by atoms with Gasteiger partial charge in [-0.15, -0.1) is 11.8 Å². The van der Waals surface area contributed by atoms with Gasteiger partial charge < -0.3 is 15.1 Å². The molecule has 5 aromatic carbocycles. The number of nitro benzene ring substituents is 1. The first-order chi connectivity index (χ1) is 28.9. The molecule has 312 valence electrons. The number of benzene rings is 5. The van der Waals surface area contributed by atoms with Crippen molar-refractivity contribution in [1.29, 1.82) is 0 Å². The Morgan fingerprint density at radius 3 is 2.37 bits per heavy atom. The monoisotopic (exact) mass is 864 g/mol. The minimum Gasteiger partial charge on any atom is -0.376 e. The Labute approximate surface area is 361 Å². The number of nitrogens with one attached hydrogen (secondary N) is 2. The van der Waals surface area contributed by atoms with Crippen molar-refractivity contribution in [3.05, 3.63) is 142 Å². The maximum absolute atomic E-state index is 13.8. The van der Waals surface area contributed by atoms with Gasteiger partial charge in [0.25, 0.3) is 15.7 Å². The van der Waals surface area contributed by atoms with Crippen molar-refractivity contribution < 1.29 is 13.3 Å². The molecule has 6 aromatic rings. The Kier molecular flexibility index (Phi) is 13.9. The van der Waals surface area contributed by atoms with Crippen LogP contribution in [-0.4, -0.2) is 90.7 Å². The maximum Gasteiger partial charge on any atom is 0.293 e. The number of sulfonamides is 1. The molecule has 0 spiro atoms. The van der Waals surface area contributed by atoms with Crippen molar-refractivity contribution in [2.75, 3.05) is 60.5 Å². The van der Waals surface area contributed by atoms with Crippen molar-refractivity contribution in [3.63, 3.8) is 0 Å². The van der Waals surface area contributed by atoms with E-state index in [-0.39, 0.29) is 28.1 Å². The summed E-state index contributed by atoms with van der Waals surface area (Å²) in [7, 11) is -2.22. The molecule has 1 unspecified atom stereocenters. The van der Waals surface area contributed by atoms with Gasteiger partial charge in [-0.1, -0.05) is 66.2 Å². The van der Waals surface area contributed by atoms with Crippen LogP contribution in [0, 0.1) is 10.1 Å². The summed E-state index contributed by atoms with van der Waals surface area (Å²) in [6, 6.07) is 36.3. The molecule has 12 nitrogen and oxygen atoms in total. The smallest absolute Gasteiger partial charge is 0.293 e. The molecular formula is C45H49ClN8O4S2. The molecular weight excluding hydrogens is 816 g/mol. The summed E-state index contributed by atoms with van der Waals surface area (Å²) in [5, 5.41) is 17.0. The average Bonchev–Trinajstić information content (AvgIpc) is 3.25. The normalized spacial score (nSPS) is 14.1. The van der Waals surface area contributed by atoms with E-state index in [1.165, 1.54) is 29.6 Å². The summed E-state index contributed by atoms with van der Waals surface area (Å²) in [6.45, 7) is 9.20. The van der Waals surface area contributed by atoms with E-state index in [9.17, 15) is 18.5 Å². The van der Waals surface area contributed by atoms with E-state index in [0.29, 0.717) is 27.7 Å². The standard InChI is InChI=1S/C45H49ClN8O4S2/c1-32(2)51(3)22-21-36(30-59-38-10-5-4-6-11-38)49-42-20-18-39(28-44(42)54(55)56)60(57,58)50-45-41-19-17-37(27-43(41)47-31-48-45)53-25-23-52(24-26-53)29-34-9-7-8-12-40(34)33-13-15-35(46)16-14-33/h4-20,27-28,31-32,36,49H,21-26,29-30H2,1-3H3,(H,47,48,50). The number of fused-ring (bicyclic) bond motifs is 1. The fraction of sp³-hybridized carbons (Fsp3) is 0.289. The van der Waals surface area contributed by atoms with E-state index in [1.54, 1.807) is 11.8 Å². The van der Waals surface area contributed by atoms with Crippen molar-refractivity contribution in [3.8, 4) is 11.1 Å². The third kappa shape index (κ3) is 10.7. The minimum atomic E-state index is -4.27. The Bertz CT molecular complexity index is 2520. The minimum absolute atomic E-state index is 0.0906. The highest BCUT2D eigenvalue weighted by atomic mass is 35.5. The number of rotatable bonds is 17. The highest BCUT2D eigenvalue weighted by molar-refractivity contribution is 7.99. The van der Waals surface area contributed by atoms with Crippen LogP contribution in [0.15, 0.2) is 131 Å². The van der Waals surface area contributed by atoms with Crippen LogP contribution in [0.2, 0.25) is 5.02 Å². The number of piperazine rings is 1. The molecule has 2 N–H and O–H groups in total. The van der Waals surface area contributed by atoms with E-state index in [0.717, 1.165) is 67.9 Å². The molecule has 0 radical (unpaired) electrons. The van der Waals surface area contributed by atoms with Crippen LogP contribution in [0.25, 0.3) is 22.0 Å². The Morgan fingerprint density at radius 1 is 0.900 bits per heavy atom. The highest BCUT2D eigenvalue weighted by Gasteiger charge is 2.25. The molecule has 0 aliphatic carbocycles. The van der Waals surface area contributed by atoms with Gasteiger partial charge in [-0.3, -0.25) is 19.7 Å². The number of anilines is 3. The predicted molar refractivity (Wildman–Crippen MR) is 245 cm³/mol. The summed E-state index contributed by atoms with van der Waals surface area (Å²) in [6.07, 6.45) is 2.05. The van der Waals surface area contributed by atoms with Crippen LogP contribution in [0.3, 0.4) is 0 Å². The van der Waals surface area contributed by atoms with Crippen LogP contribution in [0.5, 0.6) is 0 Å². The lowest BCUT2D eigenvalue weighted by Gasteiger charge is -2.36. The van der Waals surface area contributed by atoms with E-state index >= 15 is 0 Å². The van der Waals surface area contributed by atoms with Gasteiger partial charge in [-0.05, 0) is 98.6 Å². The van der Waals surface area contributed by atoms with Crippen molar-refractivity contribution in [1.82, 2.24) is 19.8 Å². The molecule has 60 heavy (non-hydrogen) atoms. The average molecular weight is 866 g/mol. The Morgan fingerprint density at radius 2 is 1.63 bits per heavy atom. The van der Waals surface area contributed by atoms with Gasteiger partial charge in [0.2, 0.25) is 0 Å². The van der Waals surface area contributed by atoms with Crippen LogP contribution in [0.1, 0.15) is 25.8 Å². The molecule has 1 saturated heterocycles. The van der Waals surface area contributed by atoms with Crippen LogP contribution in [-0.2, 0) is 16.6 Å². The van der Waals surface area contributed by atoms with Gasteiger partial charge in [-0.25, -0.2) is 18.4 Å². The lowest BCUT2D eigenvalue weighted by molar-refractivity contribution is -0.384. The van der Waals surface area contributed by atoms with E-state index in [4.69, 9.17) is 11.6 Å². The molecule has 0 saturated carbocycles. The Balaban J connectivity index is 1.02. The zero-order valence-corrected chi connectivity index (χ0v) is 36.3. The van der Waals surface area contributed by atoms with E-state index in [2.05, 4.69) is 92.0 Å². The molecule has 1 aliphatic heterocycles. The van der Waals surface area contributed by atoms with Crippen LogP contribution in [0.4, 0.5) is 22.9 Å². The molecule has 1 aliphatic rings. The Hall–Kier alpha value is -5.25. The largest absolute Gasteiger partial charge is 0.376 e. The number of hydrogen-bond acceptors (Lipinski definition) is 11. The second-order valence-corrected chi connectivity index (χ2v) is 18.4. The fourth-order valence-corrected chi connectivity index (χ4v) is 9.35. The van der Waals surface area contributed by atoms with Crippen molar-refractivity contribution in [2.24, 2.45) is 0 Å². The maximum atomic E-state index is 13.8. The molecule has 0 amide bonds. The number of nitrogens with zero attached hydrogens (tertiary/aromatic N) is 6. The van der Waals surface area contributed by atoms with E-state index in [1.807, 2.05) is 60.7 Å². The lowest BCUT2D eigenvalue weighted by atomic mass is 9.99. The summed E-state index contributed by atoms with van der Waals surface area (Å²) in [5.74, 6) is 0.752. The third-order valence-electron chi connectivity index (χ3n) is 10.9. The lowest BCUT2D eigenvalue weighted by Crippen LogP contribution is -2.46. The summed E-state index contributed by atoms with van der Waals surface area (Å²) in [4.78, 5) is 28.4. The number of aromatic nitrogens is 2. The zero-order valence-electron chi connectivity index (χ0n) is 33.9. The number of thioether (sulfide) groups is 1. The molecule has 15 heteroatoms. The summed E-state index contributed by atoms with van der Waals surface area (Å²) in [5.41, 5.74) is 5.08. The summed E-state index contributed by atoms with van der Waals surface area (Å²) < 4.78 is 30.2. The van der Waals surface area contributed by atoms with Crippen molar-refractivity contribution >= 4 is 67.2 Å². The first-order valence-electron chi connectivity index (χ1n) is 20.0. The molecule has 2 heterocycles. The molecule has 7 rings (SSSR count). The van der Waals surface area contributed by atoms with Gasteiger partial charge in [0.1, 0.15) is 12.0 Å². The molecule has 1 fully saturated rings. The first kappa shape index (κ1) is 42.9. The number of nitro groups is 1. The number of hydrogen-bond donors (Lipinski definition) is 2. The number of halogens is 1. The van der Waals surface area contributed by atoms with Crippen LogP contribution < -0.4 is 14.9 Å². The third-order valence-corrected chi connectivity index (χ3v) is 13.7. The topological polar surface area (TPSA) is 137 Å². The summed E-state index contributed by atoms with van der Waals surface area (Å²) >= 11 is 7.81. The second-order valence-electron chi connectivity index (χ2n) is 15.2. The molecule has 1 aromatic heterocycles. The highest BCUT2D eigenvalue weighted by Crippen LogP contribution is 2.33. The quantitative estimate of drug-likeness (QED) is 0.0516. The van der Waals surface area contributed by atoms with Gasteiger partial charge >= 0.3 is 0 Å². The molecule has 1 atom stereocenters. The SMILES string of the molecule is CC(C)N(C)CCC(CSc1ccccc1)Nc1ccc(S(=O)(=O)Nc2ncnc3cc(N4CCN(Cc5ccccc5-c5ccc(Cl)cc5)CC4)ccc23)cc1[N+](=O)[O-]. The van der Waals surface area contributed by atoms with Gasteiger partial charge in [0.05, 0.1) is 15.3 Å². The first-order valence-corrected chi connectivity index (χ1v) is 22.8. The van der Waals surface area contributed by atoms with Gasteiger partial charge in [0, 0.05) is 84.2 Å². The molecule has 0 bridgehead atoms. The van der Waals surface area contributed by atoms with Crippen LogP contribution >= 0.6 is 23.4 Å². The van der Waals surface area contributed by atoms with Gasteiger partial charge in [0.15, 0.2) is 5.82 Å². The zero-order chi connectivity index (χ0) is 42.2. The van der Waals surface area contributed by atoms with Crippen molar-refractivity contribution in [2.45, 2.75) is 48.7 Å².